The Bertz CT molecular complexity index is 662. The zero-order chi connectivity index (χ0) is 17.4. The van der Waals surface area contributed by atoms with Crippen molar-refractivity contribution in [2.45, 2.75) is 39.3 Å². The largest absolute Gasteiger partial charge is 0.404 e. The van der Waals surface area contributed by atoms with Crippen LogP contribution in [0.5, 0.6) is 0 Å². The van der Waals surface area contributed by atoms with Crippen LogP contribution in [0, 0.1) is 27.7 Å². The lowest BCUT2D eigenvalue weighted by molar-refractivity contribution is -0.182. The monoisotopic (exact) mass is 324 g/mol. The van der Waals surface area contributed by atoms with Crippen molar-refractivity contribution in [3.63, 3.8) is 0 Å². The highest BCUT2D eigenvalue weighted by atomic mass is 19.4. The van der Waals surface area contributed by atoms with Gasteiger partial charge in [0.25, 0.3) is 0 Å². The van der Waals surface area contributed by atoms with Gasteiger partial charge in [-0.2, -0.15) is 13.2 Å². The van der Waals surface area contributed by atoms with Crippen molar-refractivity contribution in [1.29, 1.82) is 0 Å². The van der Waals surface area contributed by atoms with E-state index in [0.29, 0.717) is 11.1 Å². The third kappa shape index (κ3) is 2.87. The van der Waals surface area contributed by atoms with E-state index in [0.717, 1.165) is 11.1 Å². The molecule has 0 aliphatic carbocycles. The summed E-state index contributed by atoms with van der Waals surface area (Å²) in [5.74, 6) is 0. The van der Waals surface area contributed by atoms with Crippen LogP contribution in [0.15, 0.2) is 36.4 Å². The zero-order valence-corrected chi connectivity index (χ0v) is 13.7. The van der Waals surface area contributed by atoms with Crippen LogP contribution < -0.4 is 0 Å². The molecule has 0 heterocycles. The Hall–Kier alpha value is -1.84. The molecule has 23 heavy (non-hydrogen) atoms. The van der Waals surface area contributed by atoms with Gasteiger partial charge in [-0.15, -0.1) is 0 Å². The van der Waals surface area contributed by atoms with Crippen molar-refractivity contribution in [2.24, 2.45) is 0 Å². The van der Waals surface area contributed by atoms with Crippen molar-refractivity contribution in [2.75, 3.05) is 6.67 Å². The fourth-order valence-corrected chi connectivity index (χ4v) is 3.26. The van der Waals surface area contributed by atoms with Crippen molar-refractivity contribution in [3.05, 3.63) is 69.8 Å². The second-order valence-electron chi connectivity index (χ2n) is 6.17. The SMILES string of the molecule is Cc1ccc(C(CF)(c2ccc(C)cc2C)C(F)(F)F)c(C)c1. The number of hydrogen-bond acceptors (Lipinski definition) is 0. The van der Waals surface area contributed by atoms with E-state index in [1.54, 1.807) is 52.0 Å². The van der Waals surface area contributed by atoms with Crippen molar-refractivity contribution < 1.29 is 17.6 Å². The Morgan fingerprint density at radius 2 is 1.13 bits per heavy atom. The fourth-order valence-electron chi connectivity index (χ4n) is 3.26. The fraction of sp³-hybridized carbons (Fsp3) is 0.368. The van der Waals surface area contributed by atoms with Crippen LogP contribution in [-0.4, -0.2) is 12.9 Å². The van der Waals surface area contributed by atoms with Gasteiger partial charge < -0.3 is 0 Å². The lowest BCUT2D eigenvalue weighted by Crippen LogP contribution is -2.46. The summed E-state index contributed by atoms with van der Waals surface area (Å²) in [6, 6.07) is 9.32. The Morgan fingerprint density at radius 1 is 0.739 bits per heavy atom. The minimum Gasteiger partial charge on any atom is -0.249 e. The average molecular weight is 324 g/mol. The summed E-state index contributed by atoms with van der Waals surface area (Å²) in [5, 5.41) is 0. The molecule has 0 bridgehead atoms. The Balaban J connectivity index is 2.86. The summed E-state index contributed by atoms with van der Waals surface area (Å²) < 4.78 is 56.2. The van der Waals surface area contributed by atoms with E-state index >= 15 is 0 Å². The van der Waals surface area contributed by atoms with Crippen LogP contribution >= 0.6 is 0 Å². The smallest absolute Gasteiger partial charge is 0.249 e. The summed E-state index contributed by atoms with van der Waals surface area (Å²) in [6.07, 6.45) is -4.73. The molecule has 0 radical (unpaired) electrons. The van der Waals surface area contributed by atoms with Gasteiger partial charge in [0, 0.05) is 0 Å². The topological polar surface area (TPSA) is 0 Å². The molecule has 4 heteroatoms. The second-order valence-corrected chi connectivity index (χ2v) is 6.17. The predicted octanol–water partition coefficient (Wildman–Crippen LogP) is 5.74. The first-order valence-corrected chi connectivity index (χ1v) is 7.41. The number of halogens is 4. The molecule has 0 unspecified atom stereocenters. The second kappa shape index (κ2) is 5.99. The molecular formula is C19H20F4. The summed E-state index contributed by atoms with van der Waals surface area (Å²) >= 11 is 0. The molecule has 0 amide bonds. The molecule has 0 saturated heterocycles. The van der Waals surface area contributed by atoms with Crippen LogP contribution in [0.3, 0.4) is 0 Å². The molecule has 0 fully saturated rings. The van der Waals surface area contributed by atoms with Gasteiger partial charge in [-0.3, -0.25) is 0 Å². The van der Waals surface area contributed by atoms with Crippen LogP contribution in [0.2, 0.25) is 0 Å². The highest BCUT2D eigenvalue weighted by Gasteiger charge is 2.58. The number of aryl methyl sites for hydroxylation is 4. The maximum absolute atomic E-state index is 14.1. The first-order chi connectivity index (χ1) is 10.6. The molecule has 0 nitrogen and oxygen atoms in total. The number of rotatable bonds is 3. The van der Waals surface area contributed by atoms with Crippen molar-refractivity contribution in [3.8, 4) is 0 Å². The molecule has 0 aliphatic heterocycles. The molecule has 0 saturated carbocycles. The molecule has 2 aromatic rings. The molecular weight excluding hydrogens is 304 g/mol. The number of benzene rings is 2. The lowest BCUT2D eigenvalue weighted by atomic mass is 9.71. The zero-order valence-electron chi connectivity index (χ0n) is 13.7. The first kappa shape index (κ1) is 17.5. The highest BCUT2D eigenvalue weighted by Crippen LogP contribution is 2.49. The van der Waals surface area contributed by atoms with Crippen LogP contribution in [0.25, 0.3) is 0 Å². The first-order valence-electron chi connectivity index (χ1n) is 7.41. The Labute approximate surface area is 134 Å². The lowest BCUT2D eigenvalue weighted by Gasteiger charge is -2.36. The normalized spacial score (nSPS) is 12.5. The molecule has 2 aromatic carbocycles. The molecule has 2 rings (SSSR count). The summed E-state index contributed by atoms with van der Waals surface area (Å²) in [4.78, 5) is 0. The summed E-state index contributed by atoms with van der Waals surface area (Å²) in [6.45, 7) is 5.28. The third-order valence-corrected chi connectivity index (χ3v) is 4.37. The van der Waals surface area contributed by atoms with E-state index in [1.165, 1.54) is 12.1 Å². The van der Waals surface area contributed by atoms with E-state index in [2.05, 4.69) is 0 Å². The third-order valence-electron chi connectivity index (χ3n) is 4.37. The molecule has 0 aliphatic rings. The van der Waals surface area contributed by atoms with Crippen LogP contribution in [0.4, 0.5) is 17.6 Å². The van der Waals surface area contributed by atoms with Crippen molar-refractivity contribution >= 4 is 0 Å². The van der Waals surface area contributed by atoms with E-state index < -0.39 is 18.3 Å². The van der Waals surface area contributed by atoms with Gasteiger partial charge in [0.1, 0.15) is 12.1 Å². The number of hydrogen-bond donors (Lipinski definition) is 0. The molecule has 124 valence electrons. The van der Waals surface area contributed by atoms with Gasteiger partial charge in [0.05, 0.1) is 0 Å². The van der Waals surface area contributed by atoms with Gasteiger partial charge in [0.2, 0.25) is 0 Å². The molecule has 0 aromatic heterocycles. The van der Waals surface area contributed by atoms with Gasteiger partial charge >= 0.3 is 6.18 Å². The Kier molecular flexibility index (Phi) is 4.56. The van der Waals surface area contributed by atoms with Gasteiger partial charge in [-0.1, -0.05) is 47.5 Å². The van der Waals surface area contributed by atoms with Crippen LogP contribution in [-0.2, 0) is 5.41 Å². The Morgan fingerprint density at radius 3 is 1.39 bits per heavy atom. The minimum absolute atomic E-state index is 0.0231. The standard InChI is InChI=1S/C19H20F4/c1-12-5-7-16(14(3)9-12)18(11-20,19(21,22)23)17-8-6-13(2)10-15(17)4/h5-10H,11H2,1-4H3. The highest BCUT2D eigenvalue weighted by molar-refractivity contribution is 5.50. The van der Waals surface area contributed by atoms with E-state index in [1.807, 2.05) is 0 Å². The van der Waals surface area contributed by atoms with Gasteiger partial charge in [-0.25, -0.2) is 4.39 Å². The molecule has 0 spiro atoms. The van der Waals surface area contributed by atoms with Gasteiger partial charge in [0.15, 0.2) is 0 Å². The summed E-state index contributed by atoms with van der Waals surface area (Å²) in [5.41, 5.74) is -0.0959. The minimum atomic E-state index is -4.73. The predicted molar refractivity (Wildman–Crippen MR) is 84.6 cm³/mol. The van der Waals surface area contributed by atoms with Crippen LogP contribution in [0.1, 0.15) is 33.4 Å². The maximum atomic E-state index is 14.1. The molecule has 0 N–H and O–H groups in total. The van der Waals surface area contributed by atoms with E-state index in [9.17, 15) is 17.6 Å². The average Bonchev–Trinajstić information content (AvgIpc) is 2.42. The molecule has 0 atom stereocenters. The van der Waals surface area contributed by atoms with E-state index in [-0.39, 0.29) is 11.1 Å². The van der Waals surface area contributed by atoms with Gasteiger partial charge in [-0.05, 0) is 49.9 Å². The number of alkyl halides is 4. The van der Waals surface area contributed by atoms with Crippen molar-refractivity contribution in [1.82, 2.24) is 0 Å². The summed E-state index contributed by atoms with van der Waals surface area (Å²) in [7, 11) is 0. The maximum Gasteiger partial charge on any atom is 0.404 e. The van der Waals surface area contributed by atoms with E-state index in [4.69, 9.17) is 0 Å². The quantitative estimate of drug-likeness (QED) is 0.632.